The summed E-state index contributed by atoms with van der Waals surface area (Å²) in [6, 6.07) is 3.90. The highest BCUT2D eigenvalue weighted by Gasteiger charge is 1.96. The van der Waals surface area contributed by atoms with Crippen LogP contribution in [0.25, 0.3) is 0 Å². The fraction of sp³-hybridized carbons (Fsp3) is 0.615. The van der Waals surface area contributed by atoms with Gasteiger partial charge in [-0.1, -0.05) is 13.3 Å². The number of pyridine rings is 1. The van der Waals surface area contributed by atoms with Crippen molar-refractivity contribution in [3.05, 3.63) is 24.0 Å². The Morgan fingerprint density at radius 2 is 2.12 bits per heavy atom. The summed E-state index contributed by atoms with van der Waals surface area (Å²) < 4.78 is 10.9. The van der Waals surface area contributed by atoms with Crippen LogP contribution in [0.2, 0.25) is 0 Å². The summed E-state index contributed by atoms with van der Waals surface area (Å²) in [5.74, 6) is 0.795. The molecule has 0 aliphatic rings. The van der Waals surface area contributed by atoms with E-state index in [1.54, 1.807) is 6.20 Å². The second kappa shape index (κ2) is 8.96. The molecule has 1 aromatic rings. The Hall–Kier alpha value is -1.13. The Morgan fingerprint density at radius 3 is 2.76 bits per heavy atom. The second-order valence-electron chi connectivity index (χ2n) is 3.83. The number of nitrogens with one attached hydrogen (secondary N) is 1. The highest BCUT2D eigenvalue weighted by Crippen LogP contribution is 2.08. The SMILES string of the molecule is CCCCOCCOc1ccc(CNC)nc1. The highest BCUT2D eigenvalue weighted by atomic mass is 16.5. The summed E-state index contributed by atoms with van der Waals surface area (Å²) in [5, 5.41) is 3.05. The fourth-order valence-electron chi connectivity index (χ4n) is 1.35. The van der Waals surface area contributed by atoms with Crippen molar-refractivity contribution in [2.45, 2.75) is 26.3 Å². The number of rotatable bonds is 9. The van der Waals surface area contributed by atoms with E-state index in [1.165, 1.54) is 0 Å². The van der Waals surface area contributed by atoms with E-state index in [4.69, 9.17) is 9.47 Å². The lowest BCUT2D eigenvalue weighted by Crippen LogP contribution is -2.09. The van der Waals surface area contributed by atoms with Crippen LogP contribution in [0.3, 0.4) is 0 Å². The molecule has 1 aromatic heterocycles. The van der Waals surface area contributed by atoms with Crippen LogP contribution in [0.1, 0.15) is 25.5 Å². The van der Waals surface area contributed by atoms with Gasteiger partial charge >= 0.3 is 0 Å². The predicted octanol–water partition coefficient (Wildman–Crippen LogP) is 2.00. The van der Waals surface area contributed by atoms with Gasteiger partial charge in [0, 0.05) is 13.2 Å². The van der Waals surface area contributed by atoms with Gasteiger partial charge in [0.1, 0.15) is 12.4 Å². The van der Waals surface area contributed by atoms with Crippen LogP contribution in [0, 0.1) is 0 Å². The Labute approximate surface area is 103 Å². The maximum Gasteiger partial charge on any atom is 0.137 e. The topological polar surface area (TPSA) is 43.4 Å². The van der Waals surface area contributed by atoms with Gasteiger partial charge in [0.05, 0.1) is 18.5 Å². The molecule has 0 saturated carbocycles. The van der Waals surface area contributed by atoms with Crippen LogP contribution in [-0.2, 0) is 11.3 Å². The van der Waals surface area contributed by atoms with Gasteiger partial charge in [0.15, 0.2) is 0 Å². The predicted molar refractivity (Wildman–Crippen MR) is 68.2 cm³/mol. The number of aromatic nitrogens is 1. The van der Waals surface area contributed by atoms with Crippen molar-refractivity contribution < 1.29 is 9.47 Å². The minimum atomic E-state index is 0.580. The number of ether oxygens (including phenoxy) is 2. The minimum absolute atomic E-state index is 0.580. The maximum absolute atomic E-state index is 5.51. The summed E-state index contributed by atoms with van der Waals surface area (Å²) in [7, 11) is 1.90. The summed E-state index contributed by atoms with van der Waals surface area (Å²) in [5.41, 5.74) is 1.01. The van der Waals surface area contributed by atoms with Gasteiger partial charge in [-0.15, -0.1) is 0 Å². The lowest BCUT2D eigenvalue weighted by molar-refractivity contribution is 0.0979. The largest absolute Gasteiger partial charge is 0.490 e. The van der Waals surface area contributed by atoms with E-state index < -0.39 is 0 Å². The van der Waals surface area contributed by atoms with Crippen molar-refractivity contribution in [3.63, 3.8) is 0 Å². The summed E-state index contributed by atoms with van der Waals surface area (Å²) >= 11 is 0. The van der Waals surface area contributed by atoms with E-state index in [-0.39, 0.29) is 0 Å². The number of nitrogens with zero attached hydrogens (tertiary/aromatic N) is 1. The maximum atomic E-state index is 5.51. The van der Waals surface area contributed by atoms with Gasteiger partial charge in [0.2, 0.25) is 0 Å². The molecule has 0 unspecified atom stereocenters. The van der Waals surface area contributed by atoms with Gasteiger partial charge in [-0.05, 0) is 25.6 Å². The van der Waals surface area contributed by atoms with Crippen LogP contribution in [0.4, 0.5) is 0 Å². The zero-order chi connectivity index (χ0) is 12.3. The van der Waals surface area contributed by atoms with Gasteiger partial charge in [-0.2, -0.15) is 0 Å². The molecule has 4 nitrogen and oxygen atoms in total. The first kappa shape index (κ1) is 13.9. The number of hydrogen-bond donors (Lipinski definition) is 1. The molecule has 0 aliphatic heterocycles. The van der Waals surface area contributed by atoms with Crippen LogP contribution in [0.15, 0.2) is 18.3 Å². The zero-order valence-corrected chi connectivity index (χ0v) is 10.7. The minimum Gasteiger partial charge on any atom is -0.490 e. The normalized spacial score (nSPS) is 10.5. The van der Waals surface area contributed by atoms with Crippen LogP contribution < -0.4 is 10.1 Å². The van der Waals surface area contributed by atoms with Gasteiger partial charge in [0.25, 0.3) is 0 Å². The molecule has 96 valence electrons. The van der Waals surface area contributed by atoms with Crippen LogP contribution >= 0.6 is 0 Å². The van der Waals surface area contributed by atoms with Crippen molar-refractivity contribution in [1.82, 2.24) is 10.3 Å². The Kier molecular flexibility index (Phi) is 7.34. The average molecular weight is 238 g/mol. The summed E-state index contributed by atoms with van der Waals surface area (Å²) in [4.78, 5) is 4.27. The fourth-order valence-corrected chi connectivity index (χ4v) is 1.35. The summed E-state index contributed by atoms with van der Waals surface area (Å²) in [6.45, 7) is 4.97. The highest BCUT2D eigenvalue weighted by molar-refractivity contribution is 5.19. The van der Waals surface area contributed by atoms with Crippen molar-refractivity contribution in [2.24, 2.45) is 0 Å². The Morgan fingerprint density at radius 1 is 1.24 bits per heavy atom. The van der Waals surface area contributed by atoms with Crippen LogP contribution in [-0.4, -0.2) is 31.9 Å². The average Bonchev–Trinajstić information content (AvgIpc) is 2.36. The molecular formula is C13H22N2O2. The van der Waals surface area contributed by atoms with E-state index in [0.717, 1.165) is 37.4 Å². The van der Waals surface area contributed by atoms with E-state index in [0.29, 0.717) is 13.2 Å². The lowest BCUT2D eigenvalue weighted by Gasteiger charge is -2.07. The van der Waals surface area contributed by atoms with Crippen molar-refractivity contribution in [3.8, 4) is 5.75 Å². The van der Waals surface area contributed by atoms with E-state index in [2.05, 4.69) is 17.2 Å². The lowest BCUT2D eigenvalue weighted by atomic mass is 10.3. The third-order valence-electron chi connectivity index (χ3n) is 2.29. The summed E-state index contributed by atoms with van der Waals surface area (Å²) in [6.07, 6.45) is 4.02. The molecule has 1 N–H and O–H groups in total. The molecule has 0 atom stereocenters. The van der Waals surface area contributed by atoms with Crippen molar-refractivity contribution in [1.29, 1.82) is 0 Å². The second-order valence-corrected chi connectivity index (χ2v) is 3.83. The third-order valence-corrected chi connectivity index (χ3v) is 2.29. The first-order valence-electron chi connectivity index (χ1n) is 6.17. The molecule has 0 aliphatic carbocycles. The smallest absolute Gasteiger partial charge is 0.137 e. The Balaban J connectivity index is 2.14. The van der Waals surface area contributed by atoms with Gasteiger partial charge in [-0.25, -0.2) is 0 Å². The molecule has 1 heterocycles. The molecule has 0 saturated heterocycles. The molecule has 0 spiro atoms. The molecule has 17 heavy (non-hydrogen) atoms. The standard InChI is InChI=1S/C13H22N2O2/c1-3-4-7-16-8-9-17-13-6-5-12(10-14-2)15-11-13/h5-6,11,14H,3-4,7-10H2,1-2H3. The third kappa shape index (κ3) is 6.24. The molecular weight excluding hydrogens is 216 g/mol. The van der Waals surface area contributed by atoms with Gasteiger partial charge in [-0.3, -0.25) is 4.98 Å². The van der Waals surface area contributed by atoms with E-state index >= 15 is 0 Å². The first-order valence-corrected chi connectivity index (χ1v) is 6.17. The van der Waals surface area contributed by atoms with Crippen molar-refractivity contribution in [2.75, 3.05) is 26.9 Å². The number of unbranched alkanes of at least 4 members (excludes halogenated alkanes) is 1. The van der Waals surface area contributed by atoms with Crippen LogP contribution in [0.5, 0.6) is 5.75 Å². The van der Waals surface area contributed by atoms with E-state index in [9.17, 15) is 0 Å². The first-order chi connectivity index (χ1) is 8.36. The molecule has 0 aromatic carbocycles. The molecule has 1 rings (SSSR count). The molecule has 0 radical (unpaired) electrons. The molecule has 0 amide bonds. The number of hydrogen-bond acceptors (Lipinski definition) is 4. The molecule has 4 heteroatoms. The van der Waals surface area contributed by atoms with Gasteiger partial charge < -0.3 is 14.8 Å². The molecule has 0 bridgehead atoms. The zero-order valence-electron chi connectivity index (χ0n) is 10.7. The van der Waals surface area contributed by atoms with Crippen molar-refractivity contribution >= 4 is 0 Å². The van der Waals surface area contributed by atoms with E-state index in [1.807, 2.05) is 19.2 Å². The monoisotopic (exact) mass is 238 g/mol. The molecule has 0 fully saturated rings. The Bertz CT molecular complexity index is 288. The quantitative estimate of drug-likeness (QED) is 0.668.